The van der Waals surface area contributed by atoms with E-state index in [2.05, 4.69) is 51.6 Å². The first kappa shape index (κ1) is 31.6. The van der Waals surface area contributed by atoms with Gasteiger partial charge in [0, 0.05) is 19.6 Å². The molecule has 0 radical (unpaired) electrons. The number of hydrogen-bond acceptors (Lipinski definition) is 4. The first-order valence-electron chi connectivity index (χ1n) is 17.0. The molecule has 10 atom stereocenters. The van der Waals surface area contributed by atoms with Crippen LogP contribution < -0.4 is 10.0 Å². The number of fused-ring (bicyclic) bond motifs is 5. The normalized spacial score (nSPS) is 43.3. The molecule has 1 aliphatic heterocycles. The van der Waals surface area contributed by atoms with Crippen molar-refractivity contribution in [2.24, 2.45) is 57.7 Å². The molecule has 3 N–H and O–H groups in total. The van der Waals surface area contributed by atoms with Crippen LogP contribution in [-0.2, 0) is 10.2 Å². The van der Waals surface area contributed by atoms with Crippen LogP contribution in [-0.4, -0.2) is 49.6 Å². The lowest BCUT2D eigenvalue weighted by molar-refractivity contribution is -0.194. The minimum absolute atomic E-state index is 0.141. The monoisotopic (exact) mass is 593 g/mol. The highest BCUT2D eigenvalue weighted by Gasteiger charge is 2.64. The first-order chi connectivity index (χ1) is 19.2. The molecule has 7 nitrogen and oxygen atoms in total. The largest absolute Gasteiger partial charge is 0.393 e. The molecule has 236 valence electrons. The molecule has 0 bridgehead atoms. The van der Waals surface area contributed by atoms with Crippen LogP contribution in [0.4, 0.5) is 4.79 Å². The zero-order chi connectivity index (χ0) is 29.8. The van der Waals surface area contributed by atoms with Gasteiger partial charge in [-0.05, 0) is 115 Å². The number of carbonyl (C=O) groups excluding carboxylic acids is 1. The summed E-state index contributed by atoms with van der Waals surface area (Å²) >= 11 is 0. The maximum Gasteiger partial charge on any atom is 0.329 e. The fourth-order valence-electron chi connectivity index (χ4n) is 11.2. The third-order valence-electron chi connectivity index (χ3n) is 13.6. The number of amides is 2. The summed E-state index contributed by atoms with van der Waals surface area (Å²) in [5.41, 5.74) is 0.754. The van der Waals surface area contributed by atoms with Gasteiger partial charge in [0.25, 0.3) is 0 Å². The van der Waals surface area contributed by atoms with Crippen LogP contribution in [0.3, 0.4) is 0 Å². The molecule has 0 aromatic carbocycles. The number of carbonyl (C=O) groups is 1. The van der Waals surface area contributed by atoms with E-state index in [0.717, 1.165) is 25.7 Å². The molecule has 0 unspecified atom stereocenters. The van der Waals surface area contributed by atoms with Gasteiger partial charge in [0.05, 0.1) is 6.10 Å². The zero-order valence-electron chi connectivity index (χ0n) is 26.8. The van der Waals surface area contributed by atoms with Crippen LogP contribution in [0.2, 0.25) is 0 Å². The third-order valence-corrected chi connectivity index (χ3v) is 15.1. The van der Waals surface area contributed by atoms with Gasteiger partial charge in [0.2, 0.25) is 0 Å². The first-order valence-corrected chi connectivity index (χ1v) is 18.4. The van der Waals surface area contributed by atoms with Gasteiger partial charge in [0.1, 0.15) is 0 Å². The molecule has 1 heterocycles. The van der Waals surface area contributed by atoms with Gasteiger partial charge in [-0.25, -0.2) is 9.52 Å². The Morgan fingerprint density at radius 2 is 1.61 bits per heavy atom. The Balaban J connectivity index is 1.18. The van der Waals surface area contributed by atoms with Crippen LogP contribution in [0, 0.1) is 57.7 Å². The number of piperidine rings is 1. The number of urea groups is 1. The van der Waals surface area contributed by atoms with E-state index in [-0.39, 0.29) is 16.9 Å². The molecule has 8 heteroatoms. The quantitative estimate of drug-likeness (QED) is 0.321. The van der Waals surface area contributed by atoms with Crippen molar-refractivity contribution in [3.05, 3.63) is 0 Å². The number of hydrogen-bond donors (Lipinski definition) is 3. The Bertz CT molecular complexity index is 1050. The number of nitrogens with zero attached hydrogens (tertiary/aromatic N) is 1. The molecule has 4 aliphatic carbocycles. The van der Waals surface area contributed by atoms with Gasteiger partial charge in [-0.3, -0.25) is 0 Å². The lowest BCUT2D eigenvalue weighted by Gasteiger charge is -2.64. The number of nitrogens with one attached hydrogen (secondary N) is 2. The maximum absolute atomic E-state index is 12.7. The second kappa shape index (κ2) is 11.6. The van der Waals surface area contributed by atoms with E-state index < -0.39 is 16.2 Å². The minimum Gasteiger partial charge on any atom is -0.393 e. The molecule has 0 aromatic rings. The number of aliphatic hydroxyl groups excluding tert-OH is 1. The summed E-state index contributed by atoms with van der Waals surface area (Å²) in [4.78, 5) is 12.6. The Labute approximate surface area is 250 Å². The molecule has 0 spiro atoms. The summed E-state index contributed by atoms with van der Waals surface area (Å²) in [7, 11) is -3.81. The van der Waals surface area contributed by atoms with Gasteiger partial charge < -0.3 is 10.4 Å². The average molecular weight is 594 g/mol. The highest BCUT2D eigenvalue weighted by molar-refractivity contribution is 7.87. The van der Waals surface area contributed by atoms with E-state index in [1.807, 2.05) is 0 Å². The molecule has 5 aliphatic rings. The molecule has 2 amide bonds. The smallest absolute Gasteiger partial charge is 0.329 e. The summed E-state index contributed by atoms with van der Waals surface area (Å²) in [6.45, 7) is 15.4. The van der Waals surface area contributed by atoms with E-state index in [0.29, 0.717) is 66.5 Å². The Morgan fingerprint density at radius 3 is 2.29 bits per heavy atom. The van der Waals surface area contributed by atoms with Crippen molar-refractivity contribution in [3.8, 4) is 0 Å². The van der Waals surface area contributed by atoms with E-state index in [1.54, 1.807) is 0 Å². The van der Waals surface area contributed by atoms with Crippen LogP contribution in [0.15, 0.2) is 0 Å². The van der Waals surface area contributed by atoms with Gasteiger partial charge in [-0.15, -0.1) is 0 Å². The van der Waals surface area contributed by atoms with Crippen molar-refractivity contribution in [1.29, 1.82) is 0 Å². The maximum atomic E-state index is 12.7. The van der Waals surface area contributed by atoms with Crippen molar-refractivity contribution in [2.45, 2.75) is 125 Å². The van der Waals surface area contributed by atoms with Crippen molar-refractivity contribution in [1.82, 2.24) is 14.3 Å². The summed E-state index contributed by atoms with van der Waals surface area (Å²) < 4.78 is 29.1. The fourth-order valence-corrected chi connectivity index (χ4v) is 12.3. The van der Waals surface area contributed by atoms with Gasteiger partial charge in [-0.1, -0.05) is 60.8 Å². The lowest BCUT2D eigenvalue weighted by Crippen LogP contribution is -2.61. The van der Waals surface area contributed by atoms with Crippen LogP contribution in [0.1, 0.15) is 119 Å². The van der Waals surface area contributed by atoms with Gasteiger partial charge in [0.15, 0.2) is 0 Å². The summed E-state index contributed by atoms with van der Waals surface area (Å²) in [6, 6.07) is -0.621. The van der Waals surface area contributed by atoms with E-state index >= 15 is 0 Å². The van der Waals surface area contributed by atoms with Gasteiger partial charge in [-0.2, -0.15) is 12.7 Å². The molecule has 0 aromatic heterocycles. The molecule has 1 saturated heterocycles. The molecule has 5 rings (SSSR count). The number of rotatable bonds is 7. The second-order valence-electron chi connectivity index (χ2n) is 16.1. The Hall–Kier alpha value is -0.860. The lowest BCUT2D eigenvalue weighted by atomic mass is 9.41. The molecule has 4 saturated carbocycles. The zero-order valence-corrected chi connectivity index (χ0v) is 27.6. The minimum atomic E-state index is -3.81. The van der Waals surface area contributed by atoms with Crippen LogP contribution in [0.25, 0.3) is 0 Å². The summed E-state index contributed by atoms with van der Waals surface area (Å²) in [5, 5.41) is 14.8. The van der Waals surface area contributed by atoms with Crippen molar-refractivity contribution < 1.29 is 18.3 Å². The van der Waals surface area contributed by atoms with Crippen LogP contribution >= 0.6 is 0 Å². The van der Waals surface area contributed by atoms with Gasteiger partial charge >= 0.3 is 16.2 Å². The molecular formula is C33H59N3O4S. The highest BCUT2D eigenvalue weighted by Crippen LogP contribution is 2.69. The van der Waals surface area contributed by atoms with Crippen LogP contribution in [0.5, 0.6) is 0 Å². The topological polar surface area (TPSA) is 98.7 Å². The highest BCUT2D eigenvalue weighted by atomic mass is 32.2. The van der Waals surface area contributed by atoms with Crippen molar-refractivity contribution >= 4 is 16.2 Å². The molecule has 41 heavy (non-hydrogen) atoms. The van der Waals surface area contributed by atoms with E-state index in [4.69, 9.17) is 0 Å². The van der Waals surface area contributed by atoms with E-state index in [9.17, 15) is 18.3 Å². The molecular weight excluding hydrogens is 534 g/mol. The molecule has 5 fully saturated rings. The summed E-state index contributed by atoms with van der Waals surface area (Å²) in [5.74, 6) is 3.78. The van der Waals surface area contributed by atoms with Crippen molar-refractivity contribution in [3.63, 3.8) is 0 Å². The Kier molecular flexibility index (Phi) is 8.91. The van der Waals surface area contributed by atoms with E-state index in [1.165, 1.54) is 55.7 Å². The SMILES string of the molecule is CC[C@H]1[C@@H](O)[C@@H]2[C@H](CC[C@]3(C)[C@@H]([C@H](C)CCNC(=O)NS(=O)(=O)N4CCC(C)(C)CC4)CC[C@@H]23)[C@@]2(C)CCCC[C@@H]12. The Morgan fingerprint density at radius 1 is 0.927 bits per heavy atom. The number of aliphatic hydroxyl groups is 1. The third kappa shape index (κ3) is 5.72. The fraction of sp³-hybridized carbons (Fsp3) is 0.970. The predicted molar refractivity (Wildman–Crippen MR) is 164 cm³/mol. The average Bonchev–Trinajstić information content (AvgIpc) is 3.25. The predicted octanol–water partition coefficient (Wildman–Crippen LogP) is 6.33. The standard InChI is InChI=1S/C33H59N3O4S/c1-7-23-25-10-8-9-15-32(25,5)27-13-16-33(6)24(11-12-26(33)28(27)29(23)37)22(2)14-19-34-30(38)35-41(39,40)36-20-17-31(3,4)18-21-36/h22-29,37H,7-21H2,1-6H3,(H2,34,35,38)/t22-,23-,24-,25+,26+,27+,28+,29-,32+,33-/m1/s1. The second-order valence-corrected chi connectivity index (χ2v) is 17.8. The summed E-state index contributed by atoms with van der Waals surface area (Å²) in [6.07, 6.45) is 13.6. The van der Waals surface area contributed by atoms with Crippen molar-refractivity contribution in [2.75, 3.05) is 19.6 Å².